The van der Waals surface area contributed by atoms with E-state index in [-0.39, 0.29) is 0 Å². The fourth-order valence-electron chi connectivity index (χ4n) is 3.68. The van der Waals surface area contributed by atoms with Gasteiger partial charge in [-0.15, -0.1) is 0 Å². The van der Waals surface area contributed by atoms with E-state index in [1.54, 1.807) is 14.2 Å². The maximum absolute atomic E-state index is 4.54. The van der Waals surface area contributed by atoms with Crippen LogP contribution < -0.4 is 0 Å². The van der Waals surface area contributed by atoms with Crippen LogP contribution >= 0.6 is 0 Å². The van der Waals surface area contributed by atoms with Crippen LogP contribution in [-0.4, -0.2) is 27.4 Å². The second-order valence-corrected chi connectivity index (χ2v) is 11.4. The van der Waals surface area contributed by atoms with Crippen LogP contribution in [0.25, 0.3) is 0 Å². The van der Waals surface area contributed by atoms with Crippen LogP contribution in [0.5, 0.6) is 0 Å². The van der Waals surface area contributed by atoms with Gasteiger partial charge in [-0.1, -0.05) is 190 Å². The topological polar surface area (TPSA) is 18.5 Å². The molecule has 0 aromatic heterocycles. The quantitative estimate of drug-likeness (QED) is 0.347. The monoisotopic (exact) mass is 589 g/mol. The summed E-state index contributed by atoms with van der Waals surface area (Å²) in [5.74, 6) is 2.07. The molecule has 0 saturated heterocycles. The van der Waals surface area contributed by atoms with Crippen molar-refractivity contribution in [3.05, 3.63) is 71.8 Å². The first-order chi connectivity index (χ1) is 20.2. The molecule has 248 valence electrons. The van der Waals surface area contributed by atoms with Crippen molar-refractivity contribution in [1.82, 2.24) is 0 Å². The molecule has 0 amide bonds. The van der Waals surface area contributed by atoms with Crippen LogP contribution in [0.1, 0.15) is 144 Å². The number of ether oxygens (including phenoxy) is 2. The van der Waals surface area contributed by atoms with Crippen LogP contribution in [0, 0.1) is 25.7 Å². The zero-order valence-electron chi connectivity index (χ0n) is 30.6. The van der Waals surface area contributed by atoms with E-state index < -0.39 is 0 Å². The number of methoxy groups -OCH3 is 2. The molecule has 2 aliphatic carbocycles. The maximum Gasteiger partial charge on any atom is 0.0433 e. The van der Waals surface area contributed by atoms with Crippen LogP contribution in [0.15, 0.2) is 60.7 Å². The molecule has 0 bridgehead atoms. The highest BCUT2D eigenvalue weighted by molar-refractivity contribution is 5.12. The Morgan fingerprint density at radius 3 is 0.786 bits per heavy atom. The average molecular weight is 589 g/mol. The molecule has 2 nitrogen and oxygen atoms in total. The zero-order chi connectivity index (χ0) is 32.7. The zero-order valence-corrected chi connectivity index (χ0v) is 30.6. The van der Waals surface area contributed by atoms with Gasteiger partial charge in [0.1, 0.15) is 0 Å². The molecule has 2 fully saturated rings. The molecule has 2 aromatic carbocycles. The summed E-state index contributed by atoms with van der Waals surface area (Å²) in [6, 6.07) is 20.5. The Morgan fingerprint density at radius 1 is 0.476 bits per heavy atom. The largest absolute Gasteiger partial charge is 0.385 e. The molecule has 0 radical (unpaired) electrons. The minimum absolute atomic E-state index is 0.819. The first-order valence-corrected chi connectivity index (χ1v) is 17.2. The van der Waals surface area contributed by atoms with Crippen molar-refractivity contribution in [3.8, 4) is 0 Å². The molecule has 42 heavy (non-hydrogen) atoms. The van der Waals surface area contributed by atoms with E-state index in [1.165, 1.54) is 88.2 Å². The van der Waals surface area contributed by atoms with E-state index in [1.807, 2.05) is 50.2 Å². The summed E-state index contributed by atoms with van der Waals surface area (Å²) in [5, 5.41) is 0. The van der Waals surface area contributed by atoms with Gasteiger partial charge in [0.05, 0.1) is 0 Å². The molecule has 0 atom stereocenters. The lowest BCUT2D eigenvalue weighted by Gasteiger charge is -2.15. The second kappa shape index (κ2) is 43.8. The van der Waals surface area contributed by atoms with Crippen LogP contribution in [0.2, 0.25) is 0 Å². The van der Waals surface area contributed by atoms with Gasteiger partial charge in [0.15, 0.2) is 0 Å². The summed E-state index contributed by atoms with van der Waals surface area (Å²) in [4.78, 5) is 0. The summed E-state index contributed by atoms with van der Waals surface area (Å²) in [7, 11) is 3.36. The lowest BCUT2D eigenvalue weighted by Crippen LogP contribution is -1.99. The smallest absolute Gasteiger partial charge is 0.0433 e. The molecular formula is C40H76O2. The van der Waals surface area contributed by atoms with Crippen molar-refractivity contribution in [2.45, 2.75) is 146 Å². The number of aryl methyl sites for hydroxylation is 2. The fourth-order valence-corrected chi connectivity index (χ4v) is 3.68. The third-order valence-corrected chi connectivity index (χ3v) is 6.25. The van der Waals surface area contributed by atoms with Crippen molar-refractivity contribution in [2.75, 3.05) is 27.4 Å². The average Bonchev–Trinajstić information content (AvgIpc) is 3.01. The summed E-state index contributed by atoms with van der Waals surface area (Å²) in [6.07, 6.45) is 17.4. The Balaban J connectivity index is -0.000000201. The van der Waals surface area contributed by atoms with Gasteiger partial charge in [-0.2, -0.15) is 0 Å². The lowest BCUT2D eigenvalue weighted by molar-refractivity contribution is 0.215. The predicted molar refractivity (Wildman–Crippen MR) is 194 cm³/mol. The molecule has 0 unspecified atom stereocenters. The Kier molecular flexibility index (Phi) is 49.3. The predicted octanol–water partition coefficient (Wildman–Crippen LogP) is 13.3. The first kappa shape index (κ1) is 47.3. The van der Waals surface area contributed by atoms with E-state index in [2.05, 4.69) is 89.1 Å². The molecule has 0 heterocycles. The molecule has 2 saturated carbocycles. The minimum atomic E-state index is 0.819. The summed E-state index contributed by atoms with van der Waals surface area (Å²) < 4.78 is 9.08. The van der Waals surface area contributed by atoms with Crippen molar-refractivity contribution < 1.29 is 9.47 Å². The first-order valence-electron chi connectivity index (χ1n) is 17.2. The lowest BCUT2D eigenvalue weighted by atomic mass is 9.91. The fraction of sp³-hybridized carbons (Fsp3) is 0.700. The van der Waals surface area contributed by atoms with Gasteiger partial charge in [0.25, 0.3) is 0 Å². The molecule has 4 rings (SSSR count). The van der Waals surface area contributed by atoms with Gasteiger partial charge in [0, 0.05) is 27.4 Å². The van der Waals surface area contributed by atoms with Gasteiger partial charge >= 0.3 is 0 Å². The van der Waals surface area contributed by atoms with Gasteiger partial charge in [-0.25, -0.2) is 0 Å². The number of hydrogen-bond acceptors (Lipinski definition) is 2. The van der Waals surface area contributed by atoms with Gasteiger partial charge < -0.3 is 9.47 Å². The van der Waals surface area contributed by atoms with Crippen molar-refractivity contribution in [1.29, 1.82) is 0 Å². The standard InChI is InChI=1S/2C7H14.2C7H8.2C3H8O.2C3H8/c4*1-7-5-3-2-4-6-7;2*1-3-4-2;2*1-3-2/h2*7H,2-6H2,1H3;2*2-6H,1H3;2*3H2,1-2H3;2*3H2,1-2H3. The molecular weight excluding hydrogens is 512 g/mol. The normalized spacial score (nSPS) is 13.6. The Hall–Kier alpha value is -1.64. The van der Waals surface area contributed by atoms with E-state index >= 15 is 0 Å². The van der Waals surface area contributed by atoms with Gasteiger partial charge in [-0.3, -0.25) is 0 Å². The highest BCUT2D eigenvalue weighted by atomic mass is 16.5. The molecule has 2 aromatic rings. The minimum Gasteiger partial charge on any atom is -0.385 e. The Morgan fingerprint density at radius 2 is 0.690 bits per heavy atom. The highest BCUT2D eigenvalue weighted by Crippen LogP contribution is 2.22. The SMILES string of the molecule is CC1CCCCC1.CC1CCCCC1.CCC.CCC.CCOC.CCOC.Cc1ccccc1.Cc1ccccc1. The number of benzene rings is 2. The molecule has 2 aliphatic rings. The Labute approximate surface area is 266 Å². The van der Waals surface area contributed by atoms with E-state index in [0.29, 0.717) is 0 Å². The van der Waals surface area contributed by atoms with Crippen LogP contribution in [-0.2, 0) is 9.47 Å². The number of hydrogen-bond donors (Lipinski definition) is 0. The van der Waals surface area contributed by atoms with Gasteiger partial charge in [0.2, 0.25) is 0 Å². The second-order valence-electron chi connectivity index (χ2n) is 11.4. The summed E-state index contributed by atoms with van der Waals surface area (Å²) >= 11 is 0. The van der Waals surface area contributed by atoms with Crippen LogP contribution in [0.3, 0.4) is 0 Å². The van der Waals surface area contributed by atoms with E-state index in [9.17, 15) is 0 Å². The summed E-state index contributed by atoms with van der Waals surface area (Å²) in [5.41, 5.74) is 2.64. The molecule has 0 spiro atoms. The Bertz CT molecular complexity index is 580. The van der Waals surface area contributed by atoms with Crippen molar-refractivity contribution in [2.24, 2.45) is 11.8 Å². The number of rotatable bonds is 2. The molecule has 0 N–H and O–H groups in total. The van der Waals surface area contributed by atoms with E-state index in [0.717, 1.165) is 25.0 Å². The van der Waals surface area contributed by atoms with Crippen molar-refractivity contribution >= 4 is 0 Å². The third-order valence-electron chi connectivity index (χ3n) is 6.25. The van der Waals surface area contributed by atoms with Crippen LogP contribution in [0.4, 0.5) is 0 Å². The third kappa shape index (κ3) is 51.1. The molecule has 2 heteroatoms. The summed E-state index contributed by atoms with van der Waals surface area (Å²) in [6.45, 7) is 22.9. The molecule has 0 aliphatic heterocycles. The van der Waals surface area contributed by atoms with Gasteiger partial charge in [-0.05, 0) is 39.5 Å². The highest BCUT2D eigenvalue weighted by Gasteiger charge is 2.06. The van der Waals surface area contributed by atoms with Crippen molar-refractivity contribution in [3.63, 3.8) is 0 Å². The van der Waals surface area contributed by atoms with E-state index in [4.69, 9.17) is 0 Å². The maximum atomic E-state index is 4.54.